The maximum Gasteiger partial charge on any atom is 0.0499 e. The first kappa shape index (κ1) is 16.9. The van der Waals surface area contributed by atoms with E-state index >= 15 is 0 Å². The number of nitrogens with two attached hydrogens (primary N) is 1. The highest BCUT2D eigenvalue weighted by atomic mass is 79.9. The van der Waals surface area contributed by atoms with E-state index in [9.17, 15) is 0 Å². The van der Waals surface area contributed by atoms with E-state index in [1.165, 1.54) is 18.4 Å². The summed E-state index contributed by atoms with van der Waals surface area (Å²) in [5.74, 6) is 0. The van der Waals surface area contributed by atoms with E-state index in [0.29, 0.717) is 12.1 Å². The topological polar surface area (TPSA) is 32.5 Å². The van der Waals surface area contributed by atoms with E-state index in [4.69, 9.17) is 5.73 Å². The fraction of sp³-hybridized carbons (Fsp3) is 0.647. The van der Waals surface area contributed by atoms with Crippen LogP contribution in [0, 0.1) is 0 Å². The molecule has 2 N–H and O–H groups in total. The zero-order valence-corrected chi connectivity index (χ0v) is 15.0. The van der Waals surface area contributed by atoms with Gasteiger partial charge in [0.15, 0.2) is 0 Å². The molecule has 0 bridgehead atoms. The monoisotopic (exact) mass is 353 g/mol. The van der Waals surface area contributed by atoms with Crippen molar-refractivity contribution in [3.05, 3.63) is 34.3 Å². The molecule has 0 radical (unpaired) electrons. The highest BCUT2D eigenvalue weighted by molar-refractivity contribution is 9.10. The molecule has 1 aromatic rings. The van der Waals surface area contributed by atoms with Crippen molar-refractivity contribution in [2.45, 2.75) is 44.3 Å². The van der Waals surface area contributed by atoms with Crippen LogP contribution in [0.1, 0.15) is 37.8 Å². The third kappa shape index (κ3) is 4.28. The molecule has 2 rings (SSSR count). The van der Waals surface area contributed by atoms with Crippen LogP contribution in [0.2, 0.25) is 0 Å². The van der Waals surface area contributed by atoms with Gasteiger partial charge in [0.05, 0.1) is 0 Å². The summed E-state index contributed by atoms with van der Waals surface area (Å²) in [4.78, 5) is 4.93. The molecule has 0 amide bonds. The predicted octanol–water partition coefficient (Wildman–Crippen LogP) is 3.25. The van der Waals surface area contributed by atoms with E-state index in [0.717, 1.165) is 24.0 Å². The van der Waals surface area contributed by atoms with Crippen LogP contribution in [0.5, 0.6) is 0 Å². The normalized spacial score (nSPS) is 20.7. The van der Waals surface area contributed by atoms with Gasteiger partial charge in [-0.3, -0.25) is 4.90 Å². The molecule has 1 heterocycles. The Morgan fingerprint density at radius 1 is 1.33 bits per heavy atom. The fourth-order valence-corrected chi connectivity index (χ4v) is 3.74. The molecule has 0 aliphatic carbocycles. The van der Waals surface area contributed by atoms with Gasteiger partial charge in [-0.1, -0.05) is 35.0 Å². The summed E-state index contributed by atoms with van der Waals surface area (Å²) in [7, 11) is 4.37. The Morgan fingerprint density at radius 3 is 2.52 bits per heavy atom. The van der Waals surface area contributed by atoms with Crippen molar-refractivity contribution in [3.63, 3.8) is 0 Å². The van der Waals surface area contributed by atoms with Gasteiger partial charge in [0, 0.05) is 35.7 Å². The van der Waals surface area contributed by atoms with Gasteiger partial charge in [-0.2, -0.15) is 0 Å². The second-order valence-electron chi connectivity index (χ2n) is 6.30. The lowest BCUT2D eigenvalue weighted by Crippen LogP contribution is -2.48. The van der Waals surface area contributed by atoms with Crippen LogP contribution in [0.3, 0.4) is 0 Å². The van der Waals surface area contributed by atoms with E-state index < -0.39 is 0 Å². The first-order valence-electron chi connectivity index (χ1n) is 7.94. The lowest BCUT2D eigenvalue weighted by atomic mass is 9.93. The van der Waals surface area contributed by atoms with Gasteiger partial charge in [0.2, 0.25) is 0 Å². The molecule has 21 heavy (non-hydrogen) atoms. The molecule has 0 spiro atoms. The molecule has 1 saturated heterocycles. The van der Waals surface area contributed by atoms with Gasteiger partial charge in [-0.25, -0.2) is 0 Å². The lowest BCUT2D eigenvalue weighted by molar-refractivity contribution is 0.0948. The van der Waals surface area contributed by atoms with Crippen molar-refractivity contribution in [1.29, 1.82) is 0 Å². The van der Waals surface area contributed by atoms with E-state index in [-0.39, 0.29) is 6.04 Å². The van der Waals surface area contributed by atoms with Crippen molar-refractivity contribution in [2.75, 3.05) is 27.2 Å². The minimum atomic E-state index is 0.190. The number of nitrogens with zero attached hydrogens (tertiary/aromatic N) is 2. The molecule has 3 nitrogen and oxygen atoms in total. The van der Waals surface area contributed by atoms with Gasteiger partial charge in [-0.15, -0.1) is 0 Å². The maximum absolute atomic E-state index is 6.46. The van der Waals surface area contributed by atoms with Crippen molar-refractivity contribution in [3.8, 4) is 0 Å². The molecule has 118 valence electrons. The number of piperidine rings is 1. The van der Waals surface area contributed by atoms with Crippen LogP contribution in [-0.2, 0) is 0 Å². The van der Waals surface area contributed by atoms with Gasteiger partial charge in [0.1, 0.15) is 0 Å². The summed E-state index contributed by atoms with van der Waals surface area (Å²) in [5.41, 5.74) is 7.79. The van der Waals surface area contributed by atoms with Crippen LogP contribution >= 0.6 is 15.9 Å². The van der Waals surface area contributed by atoms with Crippen molar-refractivity contribution < 1.29 is 0 Å². The first-order valence-corrected chi connectivity index (χ1v) is 8.73. The number of hydrogen-bond acceptors (Lipinski definition) is 3. The molecule has 1 aliphatic heterocycles. The molecular formula is C17H28BrN3. The number of benzene rings is 1. The molecule has 1 fully saturated rings. The van der Waals surface area contributed by atoms with Gasteiger partial charge in [0.25, 0.3) is 0 Å². The third-order valence-electron chi connectivity index (χ3n) is 4.69. The summed E-state index contributed by atoms with van der Waals surface area (Å²) in [6.07, 6.45) is 3.46. The molecular weight excluding hydrogens is 326 g/mol. The molecule has 1 aliphatic rings. The van der Waals surface area contributed by atoms with E-state index in [2.05, 4.69) is 71.0 Å². The fourth-order valence-electron chi connectivity index (χ4n) is 3.32. The number of likely N-dealkylation sites (tertiary alicyclic amines) is 1. The largest absolute Gasteiger partial charge is 0.326 e. The van der Waals surface area contributed by atoms with Crippen LogP contribution in [0.25, 0.3) is 0 Å². The van der Waals surface area contributed by atoms with Gasteiger partial charge >= 0.3 is 0 Å². The Hall–Kier alpha value is -0.420. The van der Waals surface area contributed by atoms with Crippen molar-refractivity contribution in [2.24, 2.45) is 5.73 Å². The number of halogens is 1. The zero-order valence-electron chi connectivity index (χ0n) is 13.4. The summed E-state index contributed by atoms with van der Waals surface area (Å²) in [5, 5.41) is 0. The quantitative estimate of drug-likeness (QED) is 0.881. The molecule has 0 saturated carbocycles. The minimum Gasteiger partial charge on any atom is -0.326 e. The first-order chi connectivity index (χ1) is 10.0. The Labute approximate surface area is 137 Å². The molecule has 0 aromatic heterocycles. The Bertz CT molecular complexity index is 441. The standard InChI is InChI=1S/C17H28BrN3/c1-4-16(19)17(13-6-5-7-14(18)12-13)21-10-8-15(9-11-21)20(2)3/h5-7,12,15-17H,4,8-11,19H2,1-3H3. The van der Waals surface area contributed by atoms with E-state index in [1.54, 1.807) is 0 Å². The summed E-state index contributed by atoms with van der Waals surface area (Å²) >= 11 is 3.59. The molecule has 4 heteroatoms. The van der Waals surface area contributed by atoms with Gasteiger partial charge < -0.3 is 10.6 Å². The number of hydrogen-bond donors (Lipinski definition) is 1. The average Bonchev–Trinajstić information content (AvgIpc) is 2.48. The summed E-state index contributed by atoms with van der Waals surface area (Å²) in [6.45, 7) is 4.45. The molecule has 1 aromatic carbocycles. The smallest absolute Gasteiger partial charge is 0.0499 e. The van der Waals surface area contributed by atoms with Crippen LogP contribution in [-0.4, -0.2) is 49.1 Å². The van der Waals surface area contributed by atoms with Crippen molar-refractivity contribution >= 4 is 15.9 Å². The Balaban J connectivity index is 2.14. The highest BCUT2D eigenvalue weighted by Crippen LogP contribution is 2.30. The minimum absolute atomic E-state index is 0.190. The molecule has 2 unspecified atom stereocenters. The third-order valence-corrected chi connectivity index (χ3v) is 5.18. The second kappa shape index (κ2) is 7.73. The zero-order chi connectivity index (χ0) is 15.4. The van der Waals surface area contributed by atoms with Crippen LogP contribution < -0.4 is 5.73 Å². The lowest BCUT2D eigenvalue weighted by Gasteiger charge is -2.41. The van der Waals surface area contributed by atoms with Gasteiger partial charge in [-0.05, 0) is 51.1 Å². The maximum atomic E-state index is 6.46. The second-order valence-corrected chi connectivity index (χ2v) is 7.22. The molecule has 2 atom stereocenters. The number of rotatable bonds is 5. The predicted molar refractivity (Wildman–Crippen MR) is 93.4 cm³/mol. The highest BCUT2D eigenvalue weighted by Gasteiger charge is 2.30. The van der Waals surface area contributed by atoms with Crippen LogP contribution in [0.4, 0.5) is 0 Å². The van der Waals surface area contributed by atoms with Crippen molar-refractivity contribution in [1.82, 2.24) is 9.80 Å². The average molecular weight is 354 g/mol. The SMILES string of the molecule is CCC(N)C(c1cccc(Br)c1)N1CCC(N(C)C)CC1. The van der Waals surface area contributed by atoms with E-state index in [1.807, 2.05) is 0 Å². The Morgan fingerprint density at radius 2 is 2.00 bits per heavy atom. The Kier molecular flexibility index (Phi) is 6.23. The summed E-state index contributed by atoms with van der Waals surface area (Å²) in [6, 6.07) is 9.85. The van der Waals surface area contributed by atoms with Crippen LogP contribution in [0.15, 0.2) is 28.7 Å². The summed E-state index contributed by atoms with van der Waals surface area (Å²) < 4.78 is 1.14.